The predicted octanol–water partition coefficient (Wildman–Crippen LogP) is 2.72. The van der Waals surface area contributed by atoms with E-state index in [1.165, 1.54) is 0 Å². The van der Waals surface area contributed by atoms with Crippen LogP contribution in [-0.2, 0) is 16.6 Å². The number of piperidine rings is 1. The summed E-state index contributed by atoms with van der Waals surface area (Å²) in [6, 6.07) is 11.1. The lowest BCUT2D eigenvalue weighted by Crippen LogP contribution is -2.64. The second-order valence-electron chi connectivity index (χ2n) is 7.37. The van der Waals surface area contributed by atoms with Gasteiger partial charge in [0.25, 0.3) is 10.0 Å². The van der Waals surface area contributed by atoms with Crippen LogP contribution in [0.15, 0.2) is 45.6 Å². The van der Waals surface area contributed by atoms with Crippen molar-refractivity contribution in [1.82, 2.24) is 14.9 Å². The van der Waals surface area contributed by atoms with Gasteiger partial charge in [0.2, 0.25) is 0 Å². The predicted molar refractivity (Wildman–Crippen MR) is 120 cm³/mol. The molecule has 2 aliphatic heterocycles. The summed E-state index contributed by atoms with van der Waals surface area (Å²) in [5.74, 6) is 1.73. The molecule has 0 aliphatic carbocycles. The number of aliphatic imine (C=N–C) groups is 1. The molecule has 10 heteroatoms. The zero-order valence-corrected chi connectivity index (χ0v) is 19.1. The summed E-state index contributed by atoms with van der Waals surface area (Å²) >= 11 is 7.04. The summed E-state index contributed by atoms with van der Waals surface area (Å²) < 4.78 is 33.6. The Kier molecular flexibility index (Phi) is 6.36. The fourth-order valence-corrected chi connectivity index (χ4v) is 7.11. The molecule has 0 atom stereocenters. The number of sulfonamides is 1. The van der Waals surface area contributed by atoms with Gasteiger partial charge in [0, 0.05) is 31.7 Å². The van der Waals surface area contributed by atoms with Crippen LogP contribution in [0.3, 0.4) is 0 Å². The molecule has 1 aromatic carbocycles. The third-order valence-corrected chi connectivity index (χ3v) is 9.25. The van der Waals surface area contributed by atoms with Crippen molar-refractivity contribution in [2.75, 3.05) is 33.3 Å². The number of para-hydroxylation sites is 1. The minimum absolute atomic E-state index is 0.295. The largest absolute Gasteiger partial charge is 0.496 e. The molecule has 3 heterocycles. The summed E-state index contributed by atoms with van der Waals surface area (Å²) in [5, 5.41) is 7.09. The van der Waals surface area contributed by atoms with Crippen LogP contribution in [0.2, 0.25) is 4.34 Å². The van der Waals surface area contributed by atoms with E-state index in [1.54, 1.807) is 23.5 Å². The van der Waals surface area contributed by atoms with Gasteiger partial charge in [-0.15, -0.1) is 11.3 Å². The zero-order valence-electron chi connectivity index (χ0n) is 16.7. The highest BCUT2D eigenvalue weighted by atomic mass is 35.5. The number of benzene rings is 1. The maximum atomic E-state index is 12.9. The Bertz CT molecular complexity index is 1030. The molecule has 1 fully saturated rings. The first-order valence-corrected chi connectivity index (χ1v) is 12.5. The lowest BCUT2D eigenvalue weighted by atomic mass is 9.85. The van der Waals surface area contributed by atoms with Crippen LogP contribution in [0.1, 0.15) is 18.4 Å². The molecule has 1 saturated heterocycles. The molecular weight excluding hydrogens is 444 g/mol. The third-order valence-electron chi connectivity index (χ3n) is 5.66. The molecule has 0 amide bonds. The average Bonchev–Trinajstić information content (AvgIpc) is 3.21. The third kappa shape index (κ3) is 4.22. The molecule has 0 bridgehead atoms. The van der Waals surface area contributed by atoms with E-state index in [-0.39, 0.29) is 5.54 Å². The van der Waals surface area contributed by atoms with Crippen molar-refractivity contribution >= 4 is 38.8 Å². The van der Waals surface area contributed by atoms with Gasteiger partial charge in [-0.1, -0.05) is 29.8 Å². The van der Waals surface area contributed by atoms with Crippen molar-refractivity contribution in [2.24, 2.45) is 4.99 Å². The molecule has 0 unspecified atom stereocenters. The van der Waals surface area contributed by atoms with Gasteiger partial charge in [-0.3, -0.25) is 4.99 Å². The second-order valence-corrected chi connectivity index (χ2v) is 11.2. The smallest absolute Gasteiger partial charge is 0.252 e. The standard InChI is InChI=1S/C20H25ClN4O3S2/c1-28-16-5-3-2-4-15(16)14-23-19-20(24-11-10-22-19)8-12-25(13-9-20)30(26,27)18-7-6-17(21)29-18/h2-7,24H,8-14H2,1H3,(H,22,23). The van der Waals surface area contributed by atoms with Gasteiger partial charge < -0.3 is 15.4 Å². The van der Waals surface area contributed by atoms with E-state index in [0.29, 0.717) is 47.6 Å². The number of ether oxygens (including phenoxy) is 1. The second kappa shape index (κ2) is 8.84. The molecule has 1 aromatic heterocycles. The summed E-state index contributed by atoms with van der Waals surface area (Å²) in [4.78, 5) is 4.74. The van der Waals surface area contributed by atoms with E-state index in [9.17, 15) is 8.42 Å². The molecule has 4 rings (SSSR count). The molecule has 2 aromatic rings. The zero-order chi connectivity index (χ0) is 21.2. The van der Waals surface area contributed by atoms with E-state index < -0.39 is 10.0 Å². The Morgan fingerprint density at radius 3 is 2.73 bits per heavy atom. The van der Waals surface area contributed by atoms with Gasteiger partial charge in [0.15, 0.2) is 0 Å². The molecule has 30 heavy (non-hydrogen) atoms. The molecule has 0 radical (unpaired) electrons. The minimum Gasteiger partial charge on any atom is -0.496 e. The van der Waals surface area contributed by atoms with Crippen molar-refractivity contribution in [3.63, 3.8) is 0 Å². The number of methoxy groups -OCH3 is 1. The highest BCUT2D eigenvalue weighted by Crippen LogP contribution is 2.32. The van der Waals surface area contributed by atoms with Crippen molar-refractivity contribution in [3.8, 4) is 5.75 Å². The van der Waals surface area contributed by atoms with Crippen LogP contribution in [0.5, 0.6) is 5.75 Å². The van der Waals surface area contributed by atoms with Crippen LogP contribution < -0.4 is 15.4 Å². The highest BCUT2D eigenvalue weighted by molar-refractivity contribution is 7.91. The molecule has 0 saturated carbocycles. The van der Waals surface area contributed by atoms with E-state index >= 15 is 0 Å². The number of nitrogens with one attached hydrogen (secondary N) is 2. The first kappa shape index (κ1) is 21.6. The summed E-state index contributed by atoms with van der Waals surface area (Å²) in [6.45, 7) is 2.95. The van der Waals surface area contributed by atoms with Crippen molar-refractivity contribution in [2.45, 2.75) is 29.1 Å². The number of thiophene rings is 1. The topological polar surface area (TPSA) is 83.0 Å². The van der Waals surface area contributed by atoms with Crippen LogP contribution in [0, 0.1) is 0 Å². The monoisotopic (exact) mass is 468 g/mol. The maximum absolute atomic E-state index is 12.9. The summed E-state index contributed by atoms with van der Waals surface area (Å²) in [6.07, 6.45) is 1.31. The normalized spacial score (nSPS) is 19.5. The molecule has 7 nitrogen and oxygen atoms in total. The van der Waals surface area contributed by atoms with Crippen LogP contribution >= 0.6 is 22.9 Å². The SMILES string of the molecule is COc1ccccc1CNC1=NCCNC12CCN(S(=O)(=O)c1ccc(Cl)s1)CC2. The van der Waals surface area contributed by atoms with Gasteiger partial charge in [-0.2, -0.15) is 4.31 Å². The van der Waals surface area contributed by atoms with Crippen molar-refractivity contribution in [3.05, 3.63) is 46.3 Å². The van der Waals surface area contributed by atoms with E-state index in [0.717, 1.165) is 35.0 Å². The van der Waals surface area contributed by atoms with E-state index in [1.807, 2.05) is 24.3 Å². The lowest BCUT2D eigenvalue weighted by molar-refractivity contribution is 0.241. The van der Waals surface area contributed by atoms with E-state index in [2.05, 4.69) is 10.6 Å². The van der Waals surface area contributed by atoms with Crippen LogP contribution in [0.4, 0.5) is 0 Å². The summed E-state index contributed by atoms with van der Waals surface area (Å²) in [5.41, 5.74) is 0.720. The van der Waals surface area contributed by atoms with Gasteiger partial charge >= 0.3 is 0 Å². The number of halogens is 1. The molecular formula is C20H25ClN4O3S2. The Hall–Kier alpha value is -1.65. The number of nitrogens with zero attached hydrogens (tertiary/aromatic N) is 2. The lowest BCUT2D eigenvalue weighted by Gasteiger charge is -2.44. The first-order valence-electron chi connectivity index (χ1n) is 9.86. The Labute approximate surface area is 186 Å². The Morgan fingerprint density at radius 1 is 1.27 bits per heavy atom. The van der Waals surface area contributed by atoms with Crippen LogP contribution in [0.25, 0.3) is 0 Å². The first-order chi connectivity index (χ1) is 14.4. The Balaban J connectivity index is 1.46. The molecule has 2 N–H and O–H groups in total. The van der Waals surface area contributed by atoms with Crippen molar-refractivity contribution in [1.29, 1.82) is 0 Å². The molecule has 1 spiro atoms. The van der Waals surface area contributed by atoms with Crippen molar-refractivity contribution < 1.29 is 13.2 Å². The van der Waals surface area contributed by atoms with Gasteiger partial charge in [-0.25, -0.2) is 8.42 Å². The van der Waals surface area contributed by atoms with Crippen LogP contribution in [-0.4, -0.2) is 57.4 Å². The minimum atomic E-state index is -3.52. The van der Waals surface area contributed by atoms with Gasteiger partial charge in [-0.05, 0) is 31.0 Å². The fraction of sp³-hybridized carbons (Fsp3) is 0.450. The number of rotatable bonds is 5. The van der Waals surface area contributed by atoms with E-state index in [4.69, 9.17) is 21.3 Å². The molecule has 162 valence electrons. The fourth-order valence-electron chi connectivity index (χ4n) is 4.04. The van der Waals surface area contributed by atoms with Gasteiger partial charge in [0.1, 0.15) is 15.8 Å². The average molecular weight is 469 g/mol. The molecule has 2 aliphatic rings. The summed E-state index contributed by atoms with van der Waals surface area (Å²) in [7, 11) is -1.85. The highest BCUT2D eigenvalue weighted by Gasteiger charge is 2.43. The quantitative estimate of drug-likeness (QED) is 0.705. The van der Waals surface area contributed by atoms with Gasteiger partial charge in [0.05, 0.1) is 23.5 Å². The number of amidine groups is 1. The number of hydrogen-bond donors (Lipinski definition) is 2. The maximum Gasteiger partial charge on any atom is 0.252 e. The number of hydrogen-bond acceptors (Lipinski definition) is 7. The Morgan fingerprint density at radius 2 is 2.03 bits per heavy atom.